The monoisotopic (exact) mass is 280 g/mol. The van der Waals surface area contributed by atoms with E-state index in [1.807, 2.05) is 28.2 Å². The Balaban J connectivity index is -0.0000000937. The number of aliphatic carboxylic acids is 1. The summed E-state index contributed by atoms with van der Waals surface area (Å²) < 4.78 is 0. The van der Waals surface area contributed by atoms with Crippen LogP contribution in [0.2, 0.25) is 0 Å². The molecule has 0 aliphatic rings. The molecule has 9 nitrogen and oxygen atoms in total. The lowest BCUT2D eigenvalue weighted by atomic mass is 10.6. The van der Waals surface area contributed by atoms with Crippen LogP contribution in [0.25, 0.3) is 0 Å². The van der Waals surface area contributed by atoms with Gasteiger partial charge in [-0.25, -0.2) is 0 Å². The predicted octanol–water partition coefficient (Wildman–Crippen LogP) is -1.94. The van der Waals surface area contributed by atoms with Gasteiger partial charge < -0.3 is 32.1 Å². The second kappa shape index (κ2) is 21.4. The standard InChI is InChI=1S/C4H9N3O2.C2H5NO.2C2H7N/c1-7(4(5)6)2-3(8)9;1-2(3)4;2*1-3-2/h2H2,1H3,(H3,5,6)(H,8,9);1H3,(H2,3,4);2*3H,1-2H3. The third kappa shape index (κ3) is 85.7. The summed E-state index contributed by atoms with van der Waals surface area (Å²) in [6.07, 6.45) is 0. The molecule has 0 saturated heterocycles. The minimum Gasteiger partial charge on any atom is -0.480 e. The Hall–Kier alpha value is -1.87. The lowest BCUT2D eigenvalue weighted by Gasteiger charge is -2.12. The number of primary amides is 1. The Labute approximate surface area is 114 Å². The highest BCUT2D eigenvalue weighted by Crippen LogP contribution is 1.76. The number of hydrogen-bond donors (Lipinski definition) is 6. The third-order valence-corrected chi connectivity index (χ3v) is 0.784. The Morgan fingerprint density at radius 1 is 1.16 bits per heavy atom. The number of carboxylic acids is 1. The summed E-state index contributed by atoms with van der Waals surface area (Å²) in [5, 5.41) is 20.4. The second-order valence-electron chi connectivity index (χ2n) is 3.25. The van der Waals surface area contributed by atoms with Crippen molar-refractivity contribution in [3.05, 3.63) is 0 Å². The van der Waals surface area contributed by atoms with E-state index in [-0.39, 0.29) is 18.4 Å². The lowest BCUT2D eigenvalue weighted by Crippen LogP contribution is -2.36. The zero-order chi connectivity index (χ0) is 16.4. The molecule has 0 aromatic rings. The van der Waals surface area contributed by atoms with Crippen LogP contribution in [0.5, 0.6) is 0 Å². The molecule has 0 unspecified atom stereocenters. The number of carbonyl (C=O) groups excluding carboxylic acids is 1. The quantitative estimate of drug-likeness (QED) is 0.253. The first-order valence-corrected chi connectivity index (χ1v) is 5.30. The fraction of sp³-hybridized carbons (Fsp3) is 0.700. The summed E-state index contributed by atoms with van der Waals surface area (Å²) in [7, 11) is 8.94. The van der Waals surface area contributed by atoms with E-state index in [1.54, 1.807) is 0 Å². The number of amides is 1. The van der Waals surface area contributed by atoms with Crippen molar-refractivity contribution in [2.24, 2.45) is 11.5 Å². The molecular weight excluding hydrogens is 252 g/mol. The third-order valence-electron chi connectivity index (χ3n) is 0.784. The highest BCUT2D eigenvalue weighted by Gasteiger charge is 2.03. The average molecular weight is 280 g/mol. The van der Waals surface area contributed by atoms with Crippen LogP contribution < -0.4 is 22.1 Å². The van der Waals surface area contributed by atoms with Gasteiger partial charge in [0.15, 0.2) is 5.96 Å². The molecule has 1 amide bonds. The van der Waals surface area contributed by atoms with Crippen LogP contribution in [0.15, 0.2) is 0 Å². The van der Waals surface area contributed by atoms with Crippen molar-refractivity contribution in [2.75, 3.05) is 41.8 Å². The maximum atomic E-state index is 9.92. The van der Waals surface area contributed by atoms with E-state index in [1.165, 1.54) is 14.0 Å². The normalized spacial score (nSPS) is 7.26. The zero-order valence-corrected chi connectivity index (χ0v) is 12.6. The molecule has 0 aliphatic carbocycles. The Morgan fingerprint density at radius 3 is 1.42 bits per heavy atom. The van der Waals surface area contributed by atoms with Gasteiger partial charge in [0.2, 0.25) is 5.91 Å². The van der Waals surface area contributed by atoms with Crippen molar-refractivity contribution in [3.8, 4) is 0 Å². The second-order valence-corrected chi connectivity index (χ2v) is 3.25. The summed E-state index contributed by atoms with van der Waals surface area (Å²) >= 11 is 0. The van der Waals surface area contributed by atoms with Crippen LogP contribution in [0.3, 0.4) is 0 Å². The zero-order valence-electron chi connectivity index (χ0n) is 12.6. The number of nitrogens with two attached hydrogens (primary N) is 2. The molecular formula is C10H28N6O3. The van der Waals surface area contributed by atoms with Gasteiger partial charge in [-0.3, -0.25) is 15.0 Å². The van der Waals surface area contributed by atoms with Crippen LogP contribution in [0.4, 0.5) is 0 Å². The summed E-state index contributed by atoms with van der Waals surface area (Å²) in [5.74, 6) is -1.56. The molecule has 0 aromatic heterocycles. The Kier molecular flexibility index (Phi) is 29.1. The smallest absolute Gasteiger partial charge is 0.323 e. The minimum absolute atomic E-state index is 0.227. The molecule has 0 bridgehead atoms. The van der Waals surface area contributed by atoms with E-state index < -0.39 is 5.97 Å². The molecule has 0 heterocycles. The highest BCUT2D eigenvalue weighted by molar-refractivity contribution is 5.79. The molecule has 0 spiro atoms. The van der Waals surface area contributed by atoms with Crippen molar-refractivity contribution >= 4 is 17.8 Å². The van der Waals surface area contributed by atoms with Crippen molar-refractivity contribution in [1.82, 2.24) is 15.5 Å². The number of likely N-dealkylation sites (N-methyl/N-ethyl adjacent to an activating group) is 1. The average Bonchev–Trinajstić information content (AvgIpc) is 2.17. The Bertz CT molecular complexity index is 229. The van der Waals surface area contributed by atoms with Crippen LogP contribution in [0.1, 0.15) is 6.92 Å². The van der Waals surface area contributed by atoms with Gasteiger partial charge in [0.05, 0.1) is 0 Å². The topological polar surface area (TPSA) is 158 Å². The van der Waals surface area contributed by atoms with Crippen molar-refractivity contribution in [3.63, 3.8) is 0 Å². The Morgan fingerprint density at radius 2 is 1.37 bits per heavy atom. The van der Waals surface area contributed by atoms with Crippen LogP contribution in [-0.2, 0) is 9.59 Å². The summed E-state index contributed by atoms with van der Waals surface area (Å²) in [6.45, 7) is 1.08. The van der Waals surface area contributed by atoms with E-state index in [0.717, 1.165) is 4.90 Å². The van der Waals surface area contributed by atoms with Gasteiger partial charge in [0, 0.05) is 14.0 Å². The molecule has 0 aliphatic heterocycles. The molecule has 19 heavy (non-hydrogen) atoms. The number of rotatable bonds is 2. The number of carboxylic acid groups (broad SMARTS) is 1. The van der Waals surface area contributed by atoms with E-state index in [2.05, 4.69) is 16.4 Å². The lowest BCUT2D eigenvalue weighted by molar-refractivity contribution is -0.137. The first-order chi connectivity index (χ1) is 8.60. The summed E-state index contributed by atoms with van der Waals surface area (Å²) in [5.41, 5.74) is 9.40. The van der Waals surface area contributed by atoms with Crippen LogP contribution in [0, 0.1) is 5.41 Å². The first-order valence-electron chi connectivity index (χ1n) is 5.30. The number of carbonyl (C=O) groups is 2. The van der Waals surface area contributed by atoms with E-state index in [0.29, 0.717) is 0 Å². The van der Waals surface area contributed by atoms with Gasteiger partial charge in [0.25, 0.3) is 0 Å². The molecule has 0 radical (unpaired) electrons. The molecule has 0 fully saturated rings. The first kappa shape index (κ1) is 25.9. The van der Waals surface area contributed by atoms with E-state index in [9.17, 15) is 9.59 Å². The molecule has 9 heteroatoms. The van der Waals surface area contributed by atoms with E-state index >= 15 is 0 Å². The molecule has 116 valence electrons. The SMILES string of the molecule is CC(N)=O.CN(CC(=O)O)C(=N)N.CNC.CNC. The molecule has 8 N–H and O–H groups in total. The van der Waals surface area contributed by atoms with Crippen molar-refractivity contribution in [1.29, 1.82) is 5.41 Å². The van der Waals surface area contributed by atoms with Gasteiger partial charge in [-0.05, 0) is 28.2 Å². The van der Waals surface area contributed by atoms with E-state index in [4.69, 9.17) is 16.2 Å². The van der Waals surface area contributed by atoms with Gasteiger partial charge in [-0.1, -0.05) is 0 Å². The van der Waals surface area contributed by atoms with Gasteiger partial charge >= 0.3 is 5.97 Å². The number of hydrogen-bond acceptors (Lipinski definition) is 5. The number of guanidine groups is 1. The summed E-state index contributed by atoms with van der Waals surface area (Å²) in [4.78, 5) is 20.3. The van der Waals surface area contributed by atoms with Gasteiger partial charge in [-0.2, -0.15) is 0 Å². The fourth-order valence-electron chi connectivity index (χ4n) is 0.288. The minimum atomic E-state index is -0.993. The molecule has 0 atom stereocenters. The molecule has 0 saturated carbocycles. The van der Waals surface area contributed by atoms with Gasteiger partial charge in [0.1, 0.15) is 6.54 Å². The number of nitrogens with zero attached hydrogens (tertiary/aromatic N) is 1. The maximum absolute atomic E-state index is 9.92. The largest absolute Gasteiger partial charge is 0.480 e. The van der Waals surface area contributed by atoms with Crippen molar-refractivity contribution in [2.45, 2.75) is 6.92 Å². The van der Waals surface area contributed by atoms with Crippen LogP contribution >= 0.6 is 0 Å². The number of nitrogens with one attached hydrogen (secondary N) is 3. The molecule has 0 rings (SSSR count). The van der Waals surface area contributed by atoms with Gasteiger partial charge in [-0.15, -0.1) is 0 Å². The maximum Gasteiger partial charge on any atom is 0.323 e. The summed E-state index contributed by atoms with van der Waals surface area (Å²) in [6, 6.07) is 0. The van der Waals surface area contributed by atoms with Crippen LogP contribution in [-0.4, -0.2) is 69.6 Å². The van der Waals surface area contributed by atoms with Crippen molar-refractivity contribution < 1.29 is 14.7 Å². The predicted molar refractivity (Wildman–Crippen MR) is 77.0 cm³/mol. The fourth-order valence-corrected chi connectivity index (χ4v) is 0.288. The molecule has 0 aromatic carbocycles. The highest BCUT2D eigenvalue weighted by atomic mass is 16.4.